The number of nitrogens with one attached hydrogen (secondary N) is 2. The summed E-state index contributed by atoms with van der Waals surface area (Å²) < 4.78 is 7.72. The maximum Gasteiger partial charge on any atom is 0.252 e. The molecule has 2 heterocycles. The van der Waals surface area contributed by atoms with E-state index in [0.29, 0.717) is 19.7 Å². The molecule has 0 saturated heterocycles. The molecule has 0 aliphatic heterocycles. The predicted molar refractivity (Wildman–Crippen MR) is 110 cm³/mol. The van der Waals surface area contributed by atoms with Gasteiger partial charge in [-0.05, 0) is 51.0 Å². The van der Waals surface area contributed by atoms with Gasteiger partial charge in [0, 0.05) is 48.1 Å². The number of fused-ring (bicyclic) bond motifs is 1. The SMILES string of the molecule is COCC(C)n1c(C)c(CNCc2c(C)cc(C)[nH]c2=O)c2ccccc21. The quantitative estimate of drug-likeness (QED) is 0.669. The van der Waals surface area contributed by atoms with E-state index in [9.17, 15) is 4.79 Å². The molecule has 3 rings (SSSR count). The fraction of sp³-hybridized carbons (Fsp3) is 0.409. The third-order valence-corrected chi connectivity index (χ3v) is 5.23. The normalized spacial score (nSPS) is 12.6. The van der Waals surface area contributed by atoms with E-state index in [1.807, 2.05) is 19.9 Å². The minimum absolute atomic E-state index is 0.00660. The van der Waals surface area contributed by atoms with Gasteiger partial charge in [0.2, 0.25) is 0 Å². The summed E-state index contributed by atoms with van der Waals surface area (Å²) in [7, 11) is 1.74. The van der Waals surface area contributed by atoms with Gasteiger partial charge >= 0.3 is 0 Å². The van der Waals surface area contributed by atoms with Crippen LogP contribution in [-0.2, 0) is 17.8 Å². The molecule has 144 valence electrons. The second kappa shape index (κ2) is 8.11. The maximum atomic E-state index is 12.2. The van der Waals surface area contributed by atoms with Crippen LogP contribution in [0.1, 0.15) is 41.0 Å². The fourth-order valence-electron chi connectivity index (χ4n) is 3.98. The van der Waals surface area contributed by atoms with Gasteiger partial charge in [-0.25, -0.2) is 0 Å². The lowest BCUT2D eigenvalue weighted by Gasteiger charge is -2.17. The highest BCUT2D eigenvalue weighted by molar-refractivity contribution is 5.85. The van der Waals surface area contributed by atoms with Gasteiger partial charge in [-0.2, -0.15) is 0 Å². The van der Waals surface area contributed by atoms with Crippen molar-refractivity contribution in [1.29, 1.82) is 0 Å². The predicted octanol–water partition coefficient (Wildman–Crippen LogP) is 3.75. The van der Waals surface area contributed by atoms with E-state index in [2.05, 4.69) is 53.0 Å². The molecule has 0 aliphatic carbocycles. The number of hydrogen-bond donors (Lipinski definition) is 2. The van der Waals surface area contributed by atoms with E-state index in [1.54, 1.807) is 7.11 Å². The van der Waals surface area contributed by atoms with Gasteiger partial charge in [0.15, 0.2) is 0 Å². The molecule has 5 heteroatoms. The van der Waals surface area contributed by atoms with Gasteiger partial charge < -0.3 is 19.6 Å². The number of aromatic nitrogens is 2. The van der Waals surface area contributed by atoms with Crippen LogP contribution in [0.3, 0.4) is 0 Å². The van der Waals surface area contributed by atoms with Crippen LogP contribution in [0, 0.1) is 20.8 Å². The Hall–Kier alpha value is -2.37. The molecule has 1 unspecified atom stereocenters. The molecule has 0 radical (unpaired) electrons. The molecule has 0 bridgehead atoms. The first-order valence-electron chi connectivity index (χ1n) is 9.41. The number of ether oxygens (including phenoxy) is 1. The number of hydrogen-bond acceptors (Lipinski definition) is 3. The highest BCUT2D eigenvalue weighted by Crippen LogP contribution is 2.29. The van der Waals surface area contributed by atoms with Crippen LogP contribution >= 0.6 is 0 Å². The summed E-state index contributed by atoms with van der Waals surface area (Å²) in [6.45, 7) is 10.2. The maximum absolute atomic E-state index is 12.2. The molecule has 0 amide bonds. The molecule has 3 aromatic rings. The highest BCUT2D eigenvalue weighted by Gasteiger charge is 2.17. The van der Waals surface area contributed by atoms with Crippen molar-refractivity contribution in [2.45, 2.75) is 46.8 Å². The van der Waals surface area contributed by atoms with Crippen LogP contribution in [0.4, 0.5) is 0 Å². The summed E-state index contributed by atoms with van der Waals surface area (Å²) in [5, 5.41) is 4.72. The molecule has 0 aliphatic rings. The standard InChI is InChI=1S/C22H29N3O2/c1-14-10-15(2)24-22(26)19(14)11-23-12-20-17(4)25(16(3)13-27-5)21-9-7-6-8-18(20)21/h6-10,16,23H,11-13H2,1-5H3,(H,24,26). The van der Waals surface area contributed by atoms with E-state index in [-0.39, 0.29) is 11.6 Å². The first kappa shape index (κ1) is 19.4. The van der Waals surface area contributed by atoms with Crippen molar-refractivity contribution in [1.82, 2.24) is 14.9 Å². The Bertz CT molecular complexity index is 1000. The van der Waals surface area contributed by atoms with Crippen molar-refractivity contribution < 1.29 is 4.74 Å². The lowest BCUT2D eigenvalue weighted by Crippen LogP contribution is -2.23. The topological polar surface area (TPSA) is 59.0 Å². The second-order valence-corrected chi connectivity index (χ2v) is 7.30. The van der Waals surface area contributed by atoms with Gasteiger partial charge in [-0.3, -0.25) is 4.79 Å². The number of aromatic amines is 1. The van der Waals surface area contributed by atoms with E-state index in [4.69, 9.17) is 4.74 Å². The Balaban J connectivity index is 1.88. The molecule has 27 heavy (non-hydrogen) atoms. The van der Waals surface area contributed by atoms with Crippen molar-refractivity contribution in [3.63, 3.8) is 0 Å². The number of aryl methyl sites for hydroxylation is 2. The average molecular weight is 367 g/mol. The van der Waals surface area contributed by atoms with Crippen LogP contribution in [0.15, 0.2) is 35.1 Å². The van der Waals surface area contributed by atoms with Gasteiger partial charge in [0.05, 0.1) is 12.6 Å². The molecule has 0 saturated carbocycles. The van der Waals surface area contributed by atoms with E-state index >= 15 is 0 Å². The highest BCUT2D eigenvalue weighted by atomic mass is 16.5. The number of para-hydroxylation sites is 1. The zero-order valence-corrected chi connectivity index (χ0v) is 16.8. The van der Waals surface area contributed by atoms with Crippen molar-refractivity contribution in [3.05, 3.63) is 68.8 Å². The Morgan fingerprint density at radius 3 is 2.56 bits per heavy atom. The number of rotatable bonds is 7. The van der Waals surface area contributed by atoms with Crippen LogP contribution in [0.2, 0.25) is 0 Å². The van der Waals surface area contributed by atoms with Crippen molar-refractivity contribution >= 4 is 10.9 Å². The van der Waals surface area contributed by atoms with E-state index in [1.165, 1.54) is 22.2 Å². The van der Waals surface area contributed by atoms with Crippen molar-refractivity contribution in [3.8, 4) is 0 Å². The first-order valence-corrected chi connectivity index (χ1v) is 9.41. The number of H-pyrrole nitrogens is 1. The molecule has 2 aromatic heterocycles. The second-order valence-electron chi connectivity index (χ2n) is 7.30. The lowest BCUT2D eigenvalue weighted by molar-refractivity contribution is 0.163. The largest absolute Gasteiger partial charge is 0.383 e. The molecule has 5 nitrogen and oxygen atoms in total. The zero-order valence-electron chi connectivity index (χ0n) is 16.8. The average Bonchev–Trinajstić information content (AvgIpc) is 2.89. The summed E-state index contributed by atoms with van der Waals surface area (Å²) in [6, 6.07) is 10.7. The van der Waals surface area contributed by atoms with Crippen molar-refractivity contribution in [2.75, 3.05) is 13.7 Å². The van der Waals surface area contributed by atoms with E-state index in [0.717, 1.165) is 16.8 Å². The molecule has 1 aromatic carbocycles. The van der Waals surface area contributed by atoms with E-state index < -0.39 is 0 Å². The number of methoxy groups -OCH3 is 1. The van der Waals surface area contributed by atoms with Gasteiger partial charge in [-0.1, -0.05) is 18.2 Å². The lowest BCUT2D eigenvalue weighted by atomic mass is 10.1. The van der Waals surface area contributed by atoms with Crippen molar-refractivity contribution in [2.24, 2.45) is 0 Å². The summed E-state index contributed by atoms with van der Waals surface area (Å²) in [5.41, 5.74) is 6.45. The summed E-state index contributed by atoms with van der Waals surface area (Å²) in [5.74, 6) is 0. The fourth-order valence-corrected chi connectivity index (χ4v) is 3.98. The van der Waals surface area contributed by atoms with Gasteiger partial charge in [0.1, 0.15) is 0 Å². The van der Waals surface area contributed by atoms with Gasteiger partial charge in [-0.15, -0.1) is 0 Å². The summed E-state index contributed by atoms with van der Waals surface area (Å²) >= 11 is 0. The third kappa shape index (κ3) is 3.84. The zero-order chi connectivity index (χ0) is 19.6. The number of nitrogens with zero attached hydrogens (tertiary/aromatic N) is 1. The van der Waals surface area contributed by atoms with Gasteiger partial charge in [0.25, 0.3) is 5.56 Å². The minimum atomic E-state index is -0.00660. The first-order chi connectivity index (χ1) is 12.9. The molecule has 0 fully saturated rings. The Kier molecular flexibility index (Phi) is 5.82. The molecular weight excluding hydrogens is 338 g/mol. The van der Waals surface area contributed by atoms with Crippen LogP contribution in [0.5, 0.6) is 0 Å². The number of pyridine rings is 1. The van der Waals surface area contributed by atoms with Crippen LogP contribution < -0.4 is 10.9 Å². The number of benzene rings is 1. The molecule has 1 atom stereocenters. The molecule has 2 N–H and O–H groups in total. The molecular formula is C22H29N3O2. The summed E-state index contributed by atoms with van der Waals surface area (Å²) in [6.07, 6.45) is 0. The third-order valence-electron chi connectivity index (χ3n) is 5.23. The Morgan fingerprint density at radius 2 is 1.85 bits per heavy atom. The molecule has 0 spiro atoms. The monoisotopic (exact) mass is 367 g/mol. The Labute approximate surface area is 160 Å². The van der Waals surface area contributed by atoms with Crippen LogP contribution in [-0.4, -0.2) is 23.3 Å². The van der Waals surface area contributed by atoms with Crippen LogP contribution in [0.25, 0.3) is 10.9 Å². The Morgan fingerprint density at radius 1 is 1.15 bits per heavy atom. The smallest absolute Gasteiger partial charge is 0.252 e. The summed E-state index contributed by atoms with van der Waals surface area (Å²) in [4.78, 5) is 15.1. The minimum Gasteiger partial charge on any atom is -0.383 e.